The molecule has 1 aliphatic carbocycles. The molecule has 0 amide bonds. The van der Waals surface area contributed by atoms with Gasteiger partial charge >= 0.3 is 0 Å². The summed E-state index contributed by atoms with van der Waals surface area (Å²) >= 11 is 0. The van der Waals surface area contributed by atoms with Crippen LogP contribution >= 0.6 is 0 Å². The molecule has 1 fully saturated rings. The highest BCUT2D eigenvalue weighted by molar-refractivity contribution is 5.94. The van der Waals surface area contributed by atoms with Crippen LogP contribution in [0.15, 0.2) is 24.3 Å². The number of Topliss-reactive ketones (excluding diaryl/α,β-unsaturated/α-hetero) is 1. The molecule has 1 saturated carbocycles. The van der Waals surface area contributed by atoms with Crippen molar-refractivity contribution in [3.63, 3.8) is 0 Å². The lowest BCUT2D eigenvalue weighted by Gasteiger charge is -2.37. The summed E-state index contributed by atoms with van der Waals surface area (Å²) in [6, 6.07) is 6.79. The van der Waals surface area contributed by atoms with Gasteiger partial charge in [0.25, 0.3) is 0 Å². The Hall–Kier alpha value is -1.25. The van der Waals surface area contributed by atoms with E-state index in [1.807, 2.05) is 0 Å². The summed E-state index contributed by atoms with van der Waals surface area (Å²) < 4.78 is 27.0. The molecule has 0 heterocycles. The van der Waals surface area contributed by atoms with Gasteiger partial charge < -0.3 is 0 Å². The van der Waals surface area contributed by atoms with Crippen LogP contribution in [0.1, 0.15) is 54.9 Å². The first-order valence-corrected chi connectivity index (χ1v) is 6.46. The van der Waals surface area contributed by atoms with Crippen LogP contribution in [-0.2, 0) is 5.41 Å². The van der Waals surface area contributed by atoms with Crippen LogP contribution in [-0.4, -0.2) is 12.2 Å². The summed E-state index contributed by atoms with van der Waals surface area (Å²) in [4.78, 5) is 11.4. The van der Waals surface area contributed by atoms with Crippen LogP contribution in [0.3, 0.4) is 0 Å². The standard InChI is InChI=1S/C15H18F2O/c1-11(18)12-6-5-7-13(10-12)15(14(16)17)8-3-2-4-9-15/h5-7,10,14H,2-4,8-9H2,1H3. The van der Waals surface area contributed by atoms with Crippen molar-refractivity contribution in [2.75, 3.05) is 0 Å². The summed E-state index contributed by atoms with van der Waals surface area (Å²) in [7, 11) is 0. The van der Waals surface area contributed by atoms with Crippen molar-refractivity contribution < 1.29 is 13.6 Å². The second-order valence-corrected chi connectivity index (χ2v) is 5.15. The summed E-state index contributed by atoms with van der Waals surface area (Å²) in [6.07, 6.45) is 1.39. The van der Waals surface area contributed by atoms with E-state index in [2.05, 4.69) is 0 Å². The molecule has 98 valence electrons. The molecule has 2 rings (SSSR count). The number of carbonyl (C=O) groups excluding carboxylic acids is 1. The maximum atomic E-state index is 13.5. The lowest BCUT2D eigenvalue weighted by molar-refractivity contribution is 0.0254. The van der Waals surface area contributed by atoms with Crippen molar-refractivity contribution >= 4 is 5.78 Å². The highest BCUT2D eigenvalue weighted by Crippen LogP contribution is 2.44. The molecule has 0 spiro atoms. The quantitative estimate of drug-likeness (QED) is 0.731. The summed E-state index contributed by atoms with van der Waals surface area (Å²) in [5, 5.41) is 0. The third-order valence-electron chi connectivity index (χ3n) is 4.01. The molecule has 1 nitrogen and oxygen atoms in total. The Morgan fingerprint density at radius 1 is 1.22 bits per heavy atom. The number of hydrogen-bond acceptors (Lipinski definition) is 1. The maximum absolute atomic E-state index is 13.5. The molecular weight excluding hydrogens is 234 g/mol. The number of carbonyl (C=O) groups is 1. The lowest BCUT2D eigenvalue weighted by Crippen LogP contribution is -2.36. The van der Waals surface area contributed by atoms with Gasteiger partial charge in [0.15, 0.2) is 5.78 Å². The predicted octanol–water partition coefficient (Wildman–Crippen LogP) is 4.36. The second kappa shape index (κ2) is 5.17. The van der Waals surface area contributed by atoms with E-state index in [0.717, 1.165) is 19.3 Å². The Balaban J connectivity index is 2.42. The van der Waals surface area contributed by atoms with E-state index in [4.69, 9.17) is 0 Å². The second-order valence-electron chi connectivity index (χ2n) is 5.15. The highest BCUT2D eigenvalue weighted by atomic mass is 19.3. The van der Waals surface area contributed by atoms with Crippen LogP contribution in [0.4, 0.5) is 8.78 Å². The molecule has 0 N–H and O–H groups in total. The topological polar surface area (TPSA) is 17.1 Å². The molecule has 0 atom stereocenters. The molecule has 18 heavy (non-hydrogen) atoms. The molecule has 0 unspecified atom stereocenters. The number of ketones is 1. The minimum atomic E-state index is -2.36. The van der Waals surface area contributed by atoms with Crippen molar-refractivity contribution in [3.05, 3.63) is 35.4 Å². The van der Waals surface area contributed by atoms with E-state index in [0.29, 0.717) is 24.0 Å². The number of rotatable bonds is 3. The number of halogens is 2. The zero-order valence-electron chi connectivity index (χ0n) is 10.6. The lowest BCUT2D eigenvalue weighted by atomic mass is 9.69. The zero-order chi connectivity index (χ0) is 13.2. The van der Waals surface area contributed by atoms with Crippen LogP contribution in [0, 0.1) is 0 Å². The first-order chi connectivity index (χ1) is 8.56. The van der Waals surface area contributed by atoms with Crippen molar-refractivity contribution in [3.8, 4) is 0 Å². The normalized spacial score (nSPS) is 18.9. The SMILES string of the molecule is CC(=O)c1cccc(C2(C(F)F)CCCCC2)c1. The number of hydrogen-bond donors (Lipinski definition) is 0. The van der Waals surface area contributed by atoms with Crippen LogP contribution < -0.4 is 0 Å². The molecule has 0 bridgehead atoms. The van der Waals surface area contributed by atoms with E-state index in [-0.39, 0.29) is 5.78 Å². The van der Waals surface area contributed by atoms with E-state index >= 15 is 0 Å². The average molecular weight is 252 g/mol. The van der Waals surface area contributed by atoms with Crippen LogP contribution in [0.2, 0.25) is 0 Å². The van der Waals surface area contributed by atoms with Gasteiger partial charge in [-0.25, -0.2) is 8.78 Å². The minimum Gasteiger partial charge on any atom is -0.295 e. The van der Waals surface area contributed by atoms with Gasteiger partial charge in [-0.1, -0.05) is 37.5 Å². The zero-order valence-corrected chi connectivity index (χ0v) is 10.6. The van der Waals surface area contributed by atoms with E-state index in [9.17, 15) is 13.6 Å². The number of benzene rings is 1. The Morgan fingerprint density at radius 2 is 1.89 bits per heavy atom. The highest BCUT2D eigenvalue weighted by Gasteiger charge is 2.42. The van der Waals surface area contributed by atoms with Crippen LogP contribution in [0.5, 0.6) is 0 Å². The van der Waals surface area contributed by atoms with Gasteiger partial charge in [0, 0.05) is 5.56 Å². The Labute approximate surface area is 106 Å². The first-order valence-electron chi connectivity index (χ1n) is 6.46. The van der Waals surface area contributed by atoms with Crippen molar-refractivity contribution in [2.45, 2.75) is 50.9 Å². The van der Waals surface area contributed by atoms with Crippen molar-refractivity contribution in [1.82, 2.24) is 0 Å². The Kier molecular flexibility index (Phi) is 3.79. The summed E-state index contributed by atoms with van der Waals surface area (Å²) in [6.45, 7) is 1.47. The van der Waals surface area contributed by atoms with Gasteiger partial charge in [0.1, 0.15) is 0 Å². The average Bonchev–Trinajstić information content (AvgIpc) is 2.39. The monoisotopic (exact) mass is 252 g/mol. The van der Waals surface area contributed by atoms with Gasteiger partial charge in [-0.05, 0) is 31.4 Å². The molecule has 3 heteroatoms. The Bertz CT molecular complexity index is 434. The largest absolute Gasteiger partial charge is 0.295 e. The fourth-order valence-corrected chi connectivity index (χ4v) is 2.86. The summed E-state index contributed by atoms with van der Waals surface area (Å²) in [5.41, 5.74) is 0.118. The van der Waals surface area contributed by atoms with E-state index in [1.165, 1.54) is 6.92 Å². The third-order valence-corrected chi connectivity index (χ3v) is 4.01. The maximum Gasteiger partial charge on any atom is 0.248 e. The fourth-order valence-electron chi connectivity index (χ4n) is 2.86. The van der Waals surface area contributed by atoms with Crippen molar-refractivity contribution in [2.24, 2.45) is 0 Å². The minimum absolute atomic E-state index is 0.0722. The molecule has 1 aromatic rings. The van der Waals surface area contributed by atoms with Crippen molar-refractivity contribution in [1.29, 1.82) is 0 Å². The molecule has 0 radical (unpaired) electrons. The molecule has 0 saturated heterocycles. The summed E-state index contributed by atoms with van der Waals surface area (Å²) in [5.74, 6) is -0.0722. The van der Waals surface area contributed by atoms with Gasteiger partial charge in [0.2, 0.25) is 6.43 Å². The molecule has 1 aliphatic rings. The van der Waals surface area contributed by atoms with Gasteiger partial charge in [-0.15, -0.1) is 0 Å². The fraction of sp³-hybridized carbons (Fsp3) is 0.533. The molecular formula is C15H18F2O. The predicted molar refractivity (Wildman–Crippen MR) is 67.2 cm³/mol. The molecule has 0 aliphatic heterocycles. The van der Waals surface area contributed by atoms with Crippen LogP contribution in [0.25, 0.3) is 0 Å². The molecule has 0 aromatic heterocycles. The van der Waals surface area contributed by atoms with Gasteiger partial charge in [-0.2, -0.15) is 0 Å². The molecule has 1 aromatic carbocycles. The number of alkyl halides is 2. The van der Waals surface area contributed by atoms with E-state index < -0.39 is 11.8 Å². The first kappa shape index (κ1) is 13.2. The Morgan fingerprint density at radius 3 is 2.44 bits per heavy atom. The third kappa shape index (κ3) is 2.31. The smallest absolute Gasteiger partial charge is 0.248 e. The van der Waals surface area contributed by atoms with Gasteiger partial charge in [0.05, 0.1) is 5.41 Å². The van der Waals surface area contributed by atoms with E-state index in [1.54, 1.807) is 24.3 Å². The van der Waals surface area contributed by atoms with Gasteiger partial charge in [-0.3, -0.25) is 4.79 Å².